The number of methoxy groups -OCH3 is 1. The first-order valence-electron chi connectivity index (χ1n) is 6.42. The molecule has 0 saturated heterocycles. The van der Waals surface area contributed by atoms with E-state index in [2.05, 4.69) is 15.3 Å². The molecule has 1 aromatic heterocycles. The van der Waals surface area contributed by atoms with Gasteiger partial charge in [0.2, 0.25) is 0 Å². The summed E-state index contributed by atoms with van der Waals surface area (Å²) in [6, 6.07) is 7.01. The van der Waals surface area contributed by atoms with Crippen LogP contribution in [0.25, 0.3) is 10.9 Å². The molecule has 0 unspecified atom stereocenters. The molecule has 0 amide bonds. The Balaban J connectivity index is 2.14. The molecule has 0 spiro atoms. The van der Waals surface area contributed by atoms with Crippen molar-refractivity contribution in [3.05, 3.63) is 42.5 Å². The van der Waals surface area contributed by atoms with Gasteiger partial charge in [-0.15, -0.1) is 0 Å². The maximum absolute atomic E-state index is 13.1. The Morgan fingerprint density at radius 1 is 1.23 bits per heavy atom. The van der Waals surface area contributed by atoms with Crippen LogP contribution in [0.3, 0.4) is 0 Å². The van der Waals surface area contributed by atoms with Crippen LogP contribution in [0.5, 0.6) is 11.5 Å². The minimum Gasteiger partial charge on any atom is -0.506 e. The number of halogens is 1. The Morgan fingerprint density at radius 3 is 2.77 bits per heavy atom. The standard InChI is InChI=1S/C15H13FN4O2/c1-22-13-6-9(17)5-11-14(13)15(19-7-18-11)20-10-3-2-8(16)4-12(10)21/h2-7,21H,17H2,1H3,(H,18,19,20). The number of rotatable bonds is 3. The molecule has 0 radical (unpaired) electrons. The highest BCUT2D eigenvalue weighted by atomic mass is 19.1. The first-order chi connectivity index (χ1) is 10.6. The molecule has 3 aromatic rings. The molecule has 0 aliphatic heterocycles. The molecule has 0 saturated carbocycles. The fourth-order valence-electron chi connectivity index (χ4n) is 2.17. The lowest BCUT2D eigenvalue weighted by Gasteiger charge is -2.12. The molecular formula is C15H13FN4O2. The number of ether oxygens (including phenoxy) is 1. The van der Waals surface area contributed by atoms with Crippen molar-refractivity contribution in [2.75, 3.05) is 18.2 Å². The normalized spacial score (nSPS) is 10.6. The zero-order chi connectivity index (χ0) is 15.7. The van der Waals surface area contributed by atoms with E-state index in [0.717, 1.165) is 6.07 Å². The van der Waals surface area contributed by atoms with E-state index in [1.807, 2.05) is 0 Å². The van der Waals surface area contributed by atoms with Crippen molar-refractivity contribution in [1.82, 2.24) is 9.97 Å². The Hall–Kier alpha value is -3.09. The highest BCUT2D eigenvalue weighted by Crippen LogP contribution is 2.35. The molecule has 0 bridgehead atoms. The van der Waals surface area contributed by atoms with Gasteiger partial charge in [0.05, 0.1) is 23.7 Å². The lowest BCUT2D eigenvalue weighted by Crippen LogP contribution is -1.99. The summed E-state index contributed by atoms with van der Waals surface area (Å²) < 4.78 is 18.4. The van der Waals surface area contributed by atoms with Gasteiger partial charge in [-0.3, -0.25) is 0 Å². The number of hydrogen-bond acceptors (Lipinski definition) is 6. The molecule has 4 N–H and O–H groups in total. The molecule has 7 heteroatoms. The molecule has 3 rings (SSSR count). The molecule has 0 aliphatic carbocycles. The van der Waals surface area contributed by atoms with E-state index in [9.17, 15) is 9.50 Å². The number of anilines is 3. The van der Waals surface area contributed by atoms with E-state index >= 15 is 0 Å². The number of nitrogens with one attached hydrogen (secondary N) is 1. The zero-order valence-corrected chi connectivity index (χ0v) is 11.7. The van der Waals surface area contributed by atoms with Gasteiger partial charge in [-0.1, -0.05) is 0 Å². The van der Waals surface area contributed by atoms with Crippen LogP contribution in [-0.2, 0) is 0 Å². The fraction of sp³-hybridized carbons (Fsp3) is 0.0667. The summed E-state index contributed by atoms with van der Waals surface area (Å²) in [4.78, 5) is 8.31. The summed E-state index contributed by atoms with van der Waals surface area (Å²) in [5, 5.41) is 13.4. The van der Waals surface area contributed by atoms with Crippen molar-refractivity contribution in [3.63, 3.8) is 0 Å². The summed E-state index contributed by atoms with van der Waals surface area (Å²) in [5.41, 5.74) is 7.23. The highest BCUT2D eigenvalue weighted by molar-refractivity contribution is 5.97. The van der Waals surface area contributed by atoms with Crippen LogP contribution in [0.1, 0.15) is 0 Å². The van der Waals surface area contributed by atoms with Crippen LogP contribution in [0, 0.1) is 5.82 Å². The van der Waals surface area contributed by atoms with Crippen molar-refractivity contribution < 1.29 is 14.2 Å². The monoisotopic (exact) mass is 300 g/mol. The number of aromatic nitrogens is 2. The third-order valence-electron chi connectivity index (χ3n) is 3.16. The largest absolute Gasteiger partial charge is 0.506 e. The van der Waals surface area contributed by atoms with E-state index in [4.69, 9.17) is 10.5 Å². The predicted octanol–water partition coefficient (Wildman–Crippen LogP) is 2.81. The first-order valence-corrected chi connectivity index (χ1v) is 6.42. The Labute approximate surface area is 125 Å². The van der Waals surface area contributed by atoms with Gasteiger partial charge in [0.25, 0.3) is 0 Å². The molecule has 2 aromatic carbocycles. The van der Waals surface area contributed by atoms with Gasteiger partial charge >= 0.3 is 0 Å². The van der Waals surface area contributed by atoms with E-state index in [1.165, 1.54) is 25.6 Å². The van der Waals surface area contributed by atoms with E-state index in [1.54, 1.807) is 12.1 Å². The summed E-state index contributed by atoms with van der Waals surface area (Å²) in [6.07, 6.45) is 1.37. The minimum atomic E-state index is -0.527. The number of fused-ring (bicyclic) bond motifs is 1. The summed E-state index contributed by atoms with van der Waals surface area (Å²) >= 11 is 0. The number of nitrogens with zero attached hydrogens (tertiary/aromatic N) is 2. The average molecular weight is 300 g/mol. The van der Waals surface area contributed by atoms with Crippen LogP contribution < -0.4 is 15.8 Å². The minimum absolute atomic E-state index is 0.221. The van der Waals surface area contributed by atoms with Crippen LogP contribution in [0.2, 0.25) is 0 Å². The van der Waals surface area contributed by atoms with Crippen molar-refractivity contribution in [1.29, 1.82) is 0 Å². The maximum Gasteiger partial charge on any atom is 0.145 e. The number of phenolic OH excluding ortho intramolecular Hbond substituents is 1. The van der Waals surface area contributed by atoms with E-state index in [0.29, 0.717) is 33.8 Å². The molecule has 112 valence electrons. The third kappa shape index (κ3) is 2.44. The molecule has 6 nitrogen and oxygen atoms in total. The second-order valence-corrected chi connectivity index (χ2v) is 4.63. The van der Waals surface area contributed by atoms with Gasteiger partial charge in [0.1, 0.15) is 29.5 Å². The fourth-order valence-corrected chi connectivity index (χ4v) is 2.17. The molecule has 1 heterocycles. The maximum atomic E-state index is 13.1. The van der Waals surface area contributed by atoms with Crippen molar-refractivity contribution in [2.45, 2.75) is 0 Å². The highest BCUT2D eigenvalue weighted by Gasteiger charge is 2.12. The van der Waals surface area contributed by atoms with Gasteiger partial charge in [0.15, 0.2) is 0 Å². The van der Waals surface area contributed by atoms with Gasteiger partial charge in [-0.2, -0.15) is 0 Å². The second kappa shape index (κ2) is 5.36. The van der Waals surface area contributed by atoms with Crippen LogP contribution in [0.15, 0.2) is 36.7 Å². The molecule has 0 atom stereocenters. The van der Waals surface area contributed by atoms with Crippen molar-refractivity contribution >= 4 is 28.1 Å². The first kappa shape index (κ1) is 13.9. The van der Waals surface area contributed by atoms with Crippen LogP contribution in [-0.4, -0.2) is 22.2 Å². The average Bonchev–Trinajstić information content (AvgIpc) is 2.49. The van der Waals surface area contributed by atoms with Crippen molar-refractivity contribution in [3.8, 4) is 11.5 Å². The molecule has 22 heavy (non-hydrogen) atoms. The Bertz CT molecular complexity index is 854. The van der Waals surface area contributed by atoms with E-state index < -0.39 is 5.82 Å². The lowest BCUT2D eigenvalue weighted by atomic mass is 10.2. The Kier molecular flexibility index (Phi) is 3.38. The molecule has 0 aliphatic rings. The number of phenols is 1. The second-order valence-electron chi connectivity index (χ2n) is 4.63. The summed E-state index contributed by atoms with van der Waals surface area (Å²) in [6.45, 7) is 0. The number of benzene rings is 2. The van der Waals surface area contributed by atoms with Gasteiger partial charge in [-0.05, 0) is 18.2 Å². The topological polar surface area (TPSA) is 93.3 Å². The number of aromatic hydroxyl groups is 1. The number of nitrogen functional groups attached to an aromatic ring is 1. The van der Waals surface area contributed by atoms with Crippen LogP contribution >= 0.6 is 0 Å². The van der Waals surface area contributed by atoms with Gasteiger partial charge in [-0.25, -0.2) is 14.4 Å². The molecule has 0 fully saturated rings. The number of nitrogens with two attached hydrogens (primary N) is 1. The smallest absolute Gasteiger partial charge is 0.145 e. The predicted molar refractivity (Wildman–Crippen MR) is 81.8 cm³/mol. The quantitative estimate of drug-likeness (QED) is 0.509. The lowest BCUT2D eigenvalue weighted by molar-refractivity contribution is 0.420. The van der Waals surface area contributed by atoms with Crippen LogP contribution in [0.4, 0.5) is 21.6 Å². The number of hydrogen-bond donors (Lipinski definition) is 3. The third-order valence-corrected chi connectivity index (χ3v) is 3.16. The molecular weight excluding hydrogens is 287 g/mol. The zero-order valence-electron chi connectivity index (χ0n) is 11.7. The van der Waals surface area contributed by atoms with Gasteiger partial charge in [0, 0.05) is 17.8 Å². The summed E-state index contributed by atoms with van der Waals surface area (Å²) in [7, 11) is 1.51. The van der Waals surface area contributed by atoms with Gasteiger partial charge < -0.3 is 20.9 Å². The Morgan fingerprint density at radius 2 is 2.05 bits per heavy atom. The summed E-state index contributed by atoms with van der Waals surface area (Å²) in [5.74, 6) is 0.172. The van der Waals surface area contributed by atoms with Crippen molar-refractivity contribution in [2.24, 2.45) is 0 Å². The van der Waals surface area contributed by atoms with E-state index in [-0.39, 0.29) is 5.75 Å². The SMILES string of the molecule is COc1cc(N)cc2ncnc(Nc3ccc(F)cc3O)c12.